The Labute approximate surface area is 116 Å². The van der Waals surface area contributed by atoms with Crippen LogP contribution in [-0.4, -0.2) is 17.7 Å². The third-order valence-electron chi connectivity index (χ3n) is 4.37. The van der Waals surface area contributed by atoms with Crippen LogP contribution in [0.2, 0.25) is 0 Å². The minimum Gasteiger partial charge on any atom is -0.461 e. The molecule has 0 amide bonds. The van der Waals surface area contributed by atoms with E-state index in [9.17, 15) is 4.79 Å². The number of rotatable bonds is 2. The molecule has 0 bridgehead atoms. The van der Waals surface area contributed by atoms with E-state index < -0.39 is 0 Å². The average molecular weight is 269 g/mol. The maximum atomic E-state index is 12.0. The van der Waals surface area contributed by atoms with E-state index in [1.807, 2.05) is 12.1 Å². The van der Waals surface area contributed by atoms with Crippen molar-refractivity contribution in [3.8, 4) is 11.3 Å². The molecule has 0 aliphatic heterocycles. The van der Waals surface area contributed by atoms with Crippen LogP contribution in [0.25, 0.3) is 11.3 Å². The van der Waals surface area contributed by atoms with Crippen LogP contribution in [0, 0.1) is 0 Å². The van der Waals surface area contributed by atoms with Gasteiger partial charge in [-0.05, 0) is 31.7 Å². The summed E-state index contributed by atoms with van der Waals surface area (Å²) in [6.07, 6.45) is 3.16. The Kier molecular flexibility index (Phi) is 2.31. The molecule has 2 aliphatic rings. The first kappa shape index (κ1) is 11.7. The van der Waals surface area contributed by atoms with Crippen molar-refractivity contribution in [1.82, 2.24) is 5.16 Å². The fourth-order valence-electron chi connectivity index (χ4n) is 3.22. The van der Waals surface area contributed by atoms with Crippen molar-refractivity contribution in [2.24, 2.45) is 0 Å². The zero-order chi connectivity index (χ0) is 13.7. The number of aromatic nitrogens is 1. The van der Waals surface area contributed by atoms with E-state index in [4.69, 9.17) is 9.26 Å². The monoisotopic (exact) mass is 269 g/mol. The minimum absolute atomic E-state index is 0.191. The Bertz CT molecular complexity index is 697. The third-order valence-corrected chi connectivity index (χ3v) is 4.37. The van der Waals surface area contributed by atoms with Gasteiger partial charge in [-0.1, -0.05) is 29.4 Å². The van der Waals surface area contributed by atoms with Gasteiger partial charge in [0.2, 0.25) is 0 Å². The summed E-state index contributed by atoms with van der Waals surface area (Å²) in [7, 11) is 0. The van der Waals surface area contributed by atoms with Crippen LogP contribution in [0.1, 0.15) is 41.4 Å². The molecule has 1 heterocycles. The molecule has 0 atom stereocenters. The van der Waals surface area contributed by atoms with Crippen molar-refractivity contribution in [3.05, 3.63) is 41.1 Å². The summed E-state index contributed by atoms with van der Waals surface area (Å²) in [4.78, 5) is 12.0. The Hall–Kier alpha value is -2.10. The lowest BCUT2D eigenvalue weighted by Crippen LogP contribution is -2.19. The van der Waals surface area contributed by atoms with Gasteiger partial charge >= 0.3 is 5.97 Å². The van der Waals surface area contributed by atoms with Crippen LogP contribution in [0.3, 0.4) is 0 Å². The predicted octanol–water partition coefficient (Wildman–Crippen LogP) is 3.11. The van der Waals surface area contributed by atoms with Crippen LogP contribution < -0.4 is 0 Å². The first-order valence-electron chi connectivity index (χ1n) is 7.01. The van der Waals surface area contributed by atoms with Crippen LogP contribution in [-0.2, 0) is 16.6 Å². The quantitative estimate of drug-likeness (QED) is 0.786. The molecule has 4 heteroatoms. The van der Waals surface area contributed by atoms with Gasteiger partial charge in [0.15, 0.2) is 11.5 Å². The van der Waals surface area contributed by atoms with Gasteiger partial charge in [0, 0.05) is 16.5 Å². The van der Waals surface area contributed by atoms with Crippen molar-refractivity contribution in [2.45, 2.75) is 31.6 Å². The fraction of sp³-hybridized carbons (Fsp3) is 0.375. The number of nitrogens with zero attached hydrogens (tertiary/aromatic N) is 1. The van der Waals surface area contributed by atoms with Crippen LogP contribution in [0.4, 0.5) is 0 Å². The molecule has 1 spiro atoms. The topological polar surface area (TPSA) is 52.3 Å². The molecule has 4 rings (SSSR count). The molecule has 1 aromatic heterocycles. The summed E-state index contributed by atoms with van der Waals surface area (Å²) in [6, 6.07) is 8.27. The zero-order valence-corrected chi connectivity index (χ0v) is 11.3. The lowest BCUT2D eigenvalue weighted by atomic mass is 9.79. The van der Waals surface area contributed by atoms with E-state index in [0.29, 0.717) is 12.3 Å². The van der Waals surface area contributed by atoms with Crippen molar-refractivity contribution in [1.29, 1.82) is 0 Å². The number of fused-ring (bicyclic) bond motifs is 4. The number of carbonyl (C=O) groups excluding carboxylic acids is 1. The maximum absolute atomic E-state index is 12.0. The Morgan fingerprint density at radius 1 is 1.40 bits per heavy atom. The highest BCUT2D eigenvalue weighted by Crippen LogP contribution is 2.57. The second-order valence-corrected chi connectivity index (χ2v) is 5.56. The highest BCUT2D eigenvalue weighted by molar-refractivity contribution is 5.91. The molecule has 1 fully saturated rings. The lowest BCUT2D eigenvalue weighted by molar-refractivity contribution is 0.0513. The average Bonchev–Trinajstić information content (AvgIpc) is 3.10. The van der Waals surface area contributed by atoms with Gasteiger partial charge in [0.05, 0.1) is 6.61 Å². The maximum Gasteiger partial charge on any atom is 0.360 e. The number of ether oxygens (including phenoxy) is 1. The lowest BCUT2D eigenvalue weighted by Gasteiger charge is -2.23. The van der Waals surface area contributed by atoms with Crippen molar-refractivity contribution >= 4 is 5.97 Å². The fourth-order valence-corrected chi connectivity index (χ4v) is 3.22. The largest absolute Gasteiger partial charge is 0.461 e. The van der Waals surface area contributed by atoms with Crippen LogP contribution in [0.5, 0.6) is 0 Å². The smallest absolute Gasteiger partial charge is 0.360 e. The first-order chi connectivity index (χ1) is 9.75. The SMILES string of the molecule is CCOC(=O)c1noc2c1CC1(CC1)c1ccccc1-2. The molecule has 2 aromatic rings. The van der Waals surface area contributed by atoms with Gasteiger partial charge < -0.3 is 9.26 Å². The van der Waals surface area contributed by atoms with Crippen molar-refractivity contribution < 1.29 is 14.1 Å². The molecule has 1 saturated carbocycles. The van der Waals surface area contributed by atoms with E-state index in [1.54, 1.807) is 6.92 Å². The van der Waals surface area contributed by atoms with Gasteiger partial charge in [-0.2, -0.15) is 0 Å². The summed E-state index contributed by atoms with van der Waals surface area (Å²) in [5.41, 5.74) is 3.87. The predicted molar refractivity (Wildman–Crippen MR) is 72.5 cm³/mol. The number of carbonyl (C=O) groups is 1. The van der Waals surface area contributed by atoms with Gasteiger partial charge in [-0.25, -0.2) is 4.79 Å². The summed E-state index contributed by atoms with van der Waals surface area (Å²) < 4.78 is 10.5. The van der Waals surface area contributed by atoms with Crippen LogP contribution >= 0.6 is 0 Å². The van der Waals surface area contributed by atoms with Gasteiger partial charge in [-0.15, -0.1) is 0 Å². The molecule has 0 saturated heterocycles. The normalized spacial score (nSPS) is 17.4. The molecule has 1 aromatic carbocycles. The number of hydrogen-bond donors (Lipinski definition) is 0. The highest BCUT2D eigenvalue weighted by Gasteiger charge is 2.50. The molecule has 20 heavy (non-hydrogen) atoms. The number of esters is 1. The Morgan fingerprint density at radius 2 is 2.20 bits per heavy atom. The standard InChI is InChI=1S/C16H15NO3/c1-2-19-15(18)13-11-9-16(7-8-16)12-6-4-3-5-10(12)14(11)20-17-13/h3-6H,2,7-9H2,1H3. The van der Waals surface area contributed by atoms with E-state index in [2.05, 4.69) is 17.3 Å². The molecular weight excluding hydrogens is 254 g/mol. The number of hydrogen-bond acceptors (Lipinski definition) is 4. The Morgan fingerprint density at radius 3 is 2.95 bits per heavy atom. The Balaban J connectivity index is 1.88. The summed E-state index contributed by atoms with van der Waals surface area (Å²) in [5, 5.41) is 3.96. The van der Waals surface area contributed by atoms with Crippen molar-refractivity contribution in [2.75, 3.05) is 6.61 Å². The van der Waals surface area contributed by atoms with E-state index in [0.717, 1.165) is 36.1 Å². The number of benzene rings is 1. The molecule has 0 unspecified atom stereocenters. The molecule has 4 nitrogen and oxygen atoms in total. The van der Waals surface area contributed by atoms with E-state index in [1.165, 1.54) is 5.56 Å². The summed E-state index contributed by atoms with van der Waals surface area (Å²) in [5.74, 6) is 0.355. The molecular formula is C16H15NO3. The third kappa shape index (κ3) is 1.48. The highest BCUT2D eigenvalue weighted by atomic mass is 16.5. The summed E-state index contributed by atoms with van der Waals surface area (Å²) >= 11 is 0. The van der Waals surface area contributed by atoms with E-state index >= 15 is 0 Å². The molecule has 102 valence electrons. The van der Waals surface area contributed by atoms with E-state index in [-0.39, 0.29) is 11.4 Å². The molecule has 2 aliphatic carbocycles. The minimum atomic E-state index is -0.382. The van der Waals surface area contributed by atoms with Crippen molar-refractivity contribution in [3.63, 3.8) is 0 Å². The molecule has 0 radical (unpaired) electrons. The van der Waals surface area contributed by atoms with Gasteiger partial charge in [0.1, 0.15) is 0 Å². The zero-order valence-electron chi connectivity index (χ0n) is 11.3. The second kappa shape index (κ2) is 3.95. The first-order valence-corrected chi connectivity index (χ1v) is 7.01. The summed E-state index contributed by atoms with van der Waals surface area (Å²) in [6.45, 7) is 2.14. The van der Waals surface area contributed by atoms with Gasteiger partial charge in [-0.3, -0.25) is 0 Å². The van der Waals surface area contributed by atoms with Crippen LogP contribution in [0.15, 0.2) is 28.8 Å². The van der Waals surface area contributed by atoms with Gasteiger partial charge in [0.25, 0.3) is 0 Å². The molecule has 0 N–H and O–H groups in total. The second-order valence-electron chi connectivity index (χ2n) is 5.56.